The van der Waals surface area contributed by atoms with Crippen LogP contribution in [-0.4, -0.2) is 47.3 Å². The van der Waals surface area contributed by atoms with Gasteiger partial charge in [-0.15, -0.1) is 0 Å². The Morgan fingerprint density at radius 2 is 2.13 bits per heavy atom. The molecule has 0 saturated carbocycles. The van der Waals surface area contributed by atoms with E-state index in [9.17, 15) is 4.79 Å². The summed E-state index contributed by atoms with van der Waals surface area (Å²) in [5.74, 6) is 0.809. The molecule has 1 aromatic heterocycles. The van der Waals surface area contributed by atoms with Crippen molar-refractivity contribution in [2.75, 3.05) is 24.5 Å². The maximum absolute atomic E-state index is 12.2. The number of anilines is 1. The van der Waals surface area contributed by atoms with Gasteiger partial charge in [0.2, 0.25) is 0 Å². The Balaban J connectivity index is 2.08. The highest BCUT2D eigenvalue weighted by Gasteiger charge is 2.30. The first-order valence-corrected chi connectivity index (χ1v) is 8.12. The minimum absolute atomic E-state index is 0.125. The number of hydrogen-bond acceptors (Lipinski definition) is 4. The Bertz CT molecular complexity index is 598. The van der Waals surface area contributed by atoms with Gasteiger partial charge in [-0.2, -0.15) is 0 Å². The van der Waals surface area contributed by atoms with Gasteiger partial charge in [0, 0.05) is 30.7 Å². The molecule has 0 spiro atoms. The van der Waals surface area contributed by atoms with Crippen LogP contribution >= 0.6 is 11.6 Å². The standard InChI is InChI=1S/C17H24ClN3O2/c1-6-14-9-13(18)10-15(19-14)21-8-7-20(11-12(21)2)16(22)23-17(3,4)5/h6,9-10,12H,1,7-8,11H2,2-5H3/t12-/m1/s1. The van der Waals surface area contributed by atoms with Gasteiger partial charge in [-0.3, -0.25) is 0 Å². The molecule has 1 amide bonds. The van der Waals surface area contributed by atoms with Gasteiger partial charge in [0.25, 0.3) is 0 Å². The third kappa shape index (κ3) is 4.61. The molecule has 1 aliphatic rings. The van der Waals surface area contributed by atoms with Gasteiger partial charge in [-0.25, -0.2) is 9.78 Å². The molecule has 1 atom stereocenters. The van der Waals surface area contributed by atoms with Crippen molar-refractivity contribution >= 4 is 29.6 Å². The number of amides is 1. The number of hydrogen-bond donors (Lipinski definition) is 0. The van der Waals surface area contributed by atoms with Crippen molar-refractivity contribution in [3.8, 4) is 0 Å². The van der Waals surface area contributed by atoms with Crippen molar-refractivity contribution < 1.29 is 9.53 Å². The van der Waals surface area contributed by atoms with E-state index in [2.05, 4.69) is 23.4 Å². The molecule has 2 heterocycles. The second-order valence-electron chi connectivity index (χ2n) is 6.74. The Kier molecular flexibility index (Phi) is 5.19. The summed E-state index contributed by atoms with van der Waals surface area (Å²) in [5.41, 5.74) is 0.263. The van der Waals surface area contributed by atoms with Gasteiger partial charge in [-0.1, -0.05) is 18.2 Å². The maximum atomic E-state index is 12.2. The van der Waals surface area contributed by atoms with Crippen LogP contribution in [0.2, 0.25) is 5.02 Å². The fourth-order valence-electron chi connectivity index (χ4n) is 2.55. The molecule has 1 fully saturated rings. The van der Waals surface area contributed by atoms with Crippen LogP contribution in [0.15, 0.2) is 18.7 Å². The topological polar surface area (TPSA) is 45.7 Å². The molecule has 0 aromatic carbocycles. The highest BCUT2D eigenvalue weighted by atomic mass is 35.5. The van der Waals surface area contributed by atoms with E-state index in [4.69, 9.17) is 16.3 Å². The predicted molar refractivity (Wildman–Crippen MR) is 94.0 cm³/mol. The molecule has 1 aliphatic heterocycles. The second kappa shape index (κ2) is 6.79. The first kappa shape index (κ1) is 17.6. The number of carbonyl (C=O) groups excluding carboxylic acids is 1. The molecule has 1 aromatic rings. The molecule has 0 unspecified atom stereocenters. The van der Waals surface area contributed by atoms with Gasteiger partial charge >= 0.3 is 6.09 Å². The summed E-state index contributed by atoms with van der Waals surface area (Å²) in [7, 11) is 0. The Morgan fingerprint density at radius 1 is 1.43 bits per heavy atom. The van der Waals surface area contributed by atoms with Gasteiger partial charge < -0.3 is 14.5 Å². The van der Waals surface area contributed by atoms with Crippen molar-refractivity contribution in [2.24, 2.45) is 0 Å². The normalized spacial score (nSPS) is 18.7. The first-order valence-electron chi connectivity index (χ1n) is 7.74. The quantitative estimate of drug-likeness (QED) is 0.823. The number of nitrogens with zero attached hydrogens (tertiary/aromatic N) is 3. The highest BCUT2D eigenvalue weighted by Crippen LogP contribution is 2.24. The minimum Gasteiger partial charge on any atom is -0.444 e. The second-order valence-corrected chi connectivity index (χ2v) is 7.18. The minimum atomic E-state index is -0.481. The number of aromatic nitrogens is 1. The number of pyridine rings is 1. The third-order valence-corrected chi connectivity index (χ3v) is 3.80. The lowest BCUT2D eigenvalue weighted by Gasteiger charge is -2.40. The van der Waals surface area contributed by atoms with Gasteiger partial charge in [0.15, 0.2) is 0 Å². The molecule has 0 bridgehead atoms. The zero-order valence-electron chi connectivity index (χ0n) is 14.2. The SMILES string of the molecule is C=Cc1cc(Cl)cc(N2CCN(C(=O)OC(C)(C)C)C[C@H]2C)n1. The summed E-state index contributed by atoms with van der Waals surface area (Å²) in [4.78, 5) is 20.6. The molecule has 23 heavy (non-hydrogen) atoms. The molecular weight excluding hydrogens is 314 g/mol. The van der Waals surface area contributed by atoms with Crippen molar-refractivity contribution in [1.82, 2.24) is 9.88 Å². The number of halogens is 1. The van der Waals surface area contributed by atoms with Crippen molar-refractivity contribution in [3.05, 3.63) is 29.4 Å². The predicted octanol–water partition coefficient (Wildman–Crippen LogP) is 3.82. The summed E-state index contributed by atoms with van der Waals surface area (Å²) in [5, 5.41) is 0.631. The van der Waals surface area contributed by atoms with Crippen LogP contribution in [0.3, 0.4) is 0 Å². The van der Waals surface area contributed by atoms with Gasteiger partial charge in [0.05, 0.1) is 5.69 Å². The lowest BCUT2D eigenvalue weighted by molar-refractivity contribution is 0.0218. The molecule has 0 aliphatic carbocycles. The number of rotatable bonds is 2. The Morgan fingerprint density at radius 3 is 2.70 bits per heavy atom. The summed E-state index contributed by atoms with van der Waals surface area (Å²) in [6.45, 7) is 13.3. The summed E-state index contributed by atoms with van der Waals surface area (Å²) >= 11 is 6.15. The van der Waals surface area contributed by atoms with Crippen LogP contribution in [0.4, 0.5) is 10.6 Å². The molecule has 5 nitrogen and oxygen atoms in total. The van der Waals surface area contributed by atoms with Crippen LogP contribution in [0.25, 0.3) is 6.08 Å². The largest absolute Gasteiger partial charge is 0.444 e. The molecule has 126 valence electrons. The van der Waals surface area contributed by atoms with Crippen molar-refractivity contribution in [3.63, 3.8) is 0 Å². The van der Waals surface area contributed by atoms with Gasteiger partial charge in [0.1, 0.15) is 11.4 Å². The number of ether oxygens (including phenoxy) is 1. The molecule has 1 saturated heterocycles. The van der Waals surface area contributed by atoms with E-state index in [0.717, 1.165) is 11.5 Å². The fraction of sp³-hybridized carbons (Fsp3) is 0.529. The first-order chi connectivity index (χ1) is 10.7. The maximum Gasteiger partial charge on any atom is 0.410 e. The fourth-order valence-corrected chi connectivity index (χ4v) is 2.75. The summed E-state index contributed by atoms with van der Waals surface area (Å²) in [6, 6.07) is 3.74. The lowest BCUT2D eigenvalue weighted by Crippen LogP contribution is -2.54. The van der Waals surface area contributed by atoms with Crippen LogP contribution in [0, 0.1) is 0 Å². The van der Waals surface area contributed by atoms with Crippen molar-refractivity contribution in [2.45, 2.75) is 39.3 Å². The molecule has 0 radical (unpaired) electrons. The van der Waals surface area contributed by atoms with Gasteiger partial charge in [-0.05, 0) is 45.9 Å². The average Bonchev–Trinajstić information content (AvgIpc) is 2.44. The Labute approximate surface area is 142 Å². The van der Waals surface area contributed by atoms with E-state index in [1.54, 1.807) is 17.0 Å². The Hall–Kier alpha value is -1.75. The van der Waals surface area contributed by atoms with E-state index in [1.165, 1.54) is 0 Å². The van der Waals surface area contributed by atoms with Crippen LogP contribution in [-0.2, 0) is 4.74 Å². The number of carbonyl (C=O) groups is 1. The lowest BCUT2D eigenvalue weighted by atomic mass is 10.2. The molecule has 2 rings (SSSR count). The third-order valence-electron chi connectivity index (χ3n) is 3.58. The monoisotopic (exact) mass is 337 g/mol. The summed E-state index contributed by atoms with van der Waals surface area (Å²) in [6.07, 6.45) is 1.41. The van der Waals surface area contributed by atoms with E-state index in [-0.39, 0.29) is 12.1 Å². The zero-order chi connectivity index (χ0) is 17.2. The van der Waals surface area contributed by atoms with E-state index in [0.29, 0.717) is 24.7 Å². The molecular formula is C17H24ClN3O2. The van der Waals surface area contributed by atoms with Crippen molar-refractivity contribution in [1.29, 1.82) is 0 Å². The molecule has 0 N–H and O–H groups in total. The smallest absolute Gasteiger partial charge is 0.410 e. The average molecular weight is 338 g/mol. The highest BCUT2D eigenvalue weighted by molar-refractivity contribution is 6.30. The van der Waals surface area contributed by atoms with Crippen LogP contribution < -0.4 is 4.90 Å². The zero-order valence-corrected chi connectivity index (χ0v) is 14.9. The van der Waals surface area contributed by atoms with Crippen LogP contribution in [0.1, 0.15) is 33.4 Å². The van der Waals surface area contributed by atoms with E-state index < -0.39 is 5.60 Å². The van der Waals surface area contributed by atoms with Crippen LogP contribution in [0.5, 0.6) is 0 Å². The number of piperazine rings is 1. The summed E-state index contributed by atoms with van der Waals surface area (Å²) < 4.78 is 5.44. The molecule has 6 heteroatoms. The van der Waals surface area contributed by atoms with E-state index in [1.807, 2.05) is 26.8 Å². The van der Waals surface area contributed by atoms with E-state index >= 15 is 0 Å².